The number of aliphatic imine (C=N–C) groups is 1. The maximum absolute atomic E-state index is 13.7. The van der Waals surface area contributed by atoms with E-state index in [1.807, 2.05) is 37.3 Å². The van der Waals surface area contributed by atoms with Crippen LogP contribution in [0.5, 0.6) is 5.88 Å². The van der Waals surface area contributed by atoms with Gasteiger partial charge >= 0.3 is 0 Å². The number of nitrogens with one attached hydrogen (secondary N) is 1. The number of halogens is 1. The van der Waals surface area contributed by atoms with Gasteiger partial charge in [-0.25, -0.2) is 14.4 Å². The van der Waals surface area contributed by atoms with Gasteiger partial charge in [0.2, 0.25) is 5.88 Å². The fourth-order valence-corrected chi connectivity index (χ4v) is 5.03. The normalized spacial score (nSPS) is 16.2. The Morgan fingerprint density at radius 1 is 1.23 bits per heavy atom. The van der Waals surface area contributed by atoms with Gasteiger partial charge in [-0.3, -0.25) is 10.3 Å². The van der Waals surface area contributed by atoms with E-state index >= 15 is 0 Å². The topological polar surface area (TPSA) is 90.3 Å². The van der Waals surface area contributed by atoms with E-state index in [0.29, 0.717) is 18.2 Å². The van der Waals surface area contributed by atoms with Crippen LogP contribution in [0.1, 0.15) is 49.8 Å². The number of allylic oxidation sites excluding steroid dienone is 1. The van der Waals surface area contributed by atoms with Crippen molar-refractivity contribution in [1.29, 1.82) is 0 Å². The van der Waals surface area contributed by atoms with Crippen molar-refractivity contribution in [3.05, 3.63) is 83.6 Å². The molecule has 8 heteroatoms. The van der Waals surface area contributed by atoms with E-state index in [0.717, 1.165) is 65.0 Å². The molecular weight excluding hydrogens is 491 g/mol. The highest BCUT2D eigenvalue weighted by molar-refractivity contribution is 5.87. The lowest BCUT2D eigenvalue weighted by Gasteiger charge is -2.18. The maximum Gasteiger partial charge on any atom is 0.214 e. The van der Waals surface area contributed by atoms with E-state index in [9.17, 15) is 4.39 Å². The SMILES string of the molecule is CCCNC(C)N=C/C=C(\N)c1c(-c2ccc(F)cc2)nc2n1C(COc1cc(C)c3ccccc3n1)CC2. The van der Waals surface area contributed by atoms with E-state index < -0.39 is 0 Å². The zero-order valence-corrected chi connectivity index (χ0v) is 22.7. The molecule has 0 amide bonds. The standard InChI is InChI=1S/C31H35FN6O/c1-4-16-34-21(3)35-17-15-26(33)31-30(22-9-11-23(32)12-10-22)37-28-14-13-24(38(28)31)19-39-29-18-20(2)25-7-5-6-8-27(25)36-29/h5-12,15,17-18,21,24,34H,4,13-14,16,19,33H2,1-3H3/b26-15-,35-17?. The molecule has 2 aromatic carbocycles. The van der Waals surface area contributed by atoms with Gasteiger partial charge in [0.05, 0.1) is 34.8 Å². The first-order valence-corrected chi connectivity index (χ1v) is 13.5. The quantitative estimate of drug-likeness (QED) is 0.254. The smallest absolute Gasteiger partial charge is 0.214 e. The van der Waals surface area contributed by atoms with Crippen LogP contribution in [0.4, 0.5) is 4.39 Å². The number of imidazole rings is 1. The summed E-state index contributed by atoms with van der Waals surface area (Å²) < 4.78 is 22.1. The number of ether oxygens (including phenoxy) is 1. The molecule has 4 aromatic rings. The van der Waals surface area contributed by atoms with Gasteiger partial charge in [-0.05, 0) is 75.2 Å². The number of aromatic nitrogens is 3. The molecule has 39 heavy (non-hydrogen) atoms. The average molecular weight is 527 g/mol. The van der Waals surface area contributed by atoms with Crippen LogP contribution in [0.2, 0.25) is 0 Å². The number of benzene rings is 2. The molecule has 0 spiro atoms. The first kappa shape index (κ1) is 26.6. The molecule has 5 rings (SSSR count). The monoisotopic (exact) mass is 526 g/mol. The third kappa shape index (κ3) is 5.86. The number of fused-ring (bicyclic) bond motifs is 2. The zero-order chi connectivity index (χ0) is 27.4. The van der Waals surface area contributed by atoms with Crippen molar-refractivity contribution in [3.8, 4) is 17.1 Å². The number of para-hydroxylation sites is 1. The van der Waals surface area contributed by atoms with Crippen molar-refractivity contribution in [2.75, 3.05) is 13.2 Å². The summed E-state index contributed by atoms with van der Waals surface area (Å²) >= 11 is 0. The van der Waals surface area contributed by atoms with E-state index in [2.05, 4.69) is 34.8 Å². The second-order valence-electron chi connectivity index (χ2n) is 9.95. The highest BCUT2D eigenvalue weighted by Gasteiger charge is 2.31. The number of hydrogen-bond donors (Lipinski definition) is 2. The molecule has 0 aliphatic carbocycles. The molecule has 0 bridgehead atoms. The summed E-state index contributed by atoms with van der Waals surface area (Å²) in [5.41, 5.74) is 11.6. The summed E-state index contributed by atoms with van der Waals surface area (Å²) in [6.07, 6.45) is 6.25. The summed E-state index contributed by atoms with van der Waals surface area (Å²) in [6, 6.07) is 16.4. The van der Waals surface area contributed by atoms with Gasteiger partial charge in [0.1, 0.15) is 18.2 Å². The van der Waals surface area contributed by atoms with Crippen LogP contribution in [0.15, 0.2) is 65.7 Å². The highest BCUT2D eigenvalue weighted by atomic mass is 19.1. The van der Waals surface area contributed by atoms with Crippen molar-refractivity contribution in [2.24, 2.45) is 10.7 Å². The van der Waals surface area contributed by atoms with Crippen LogP contribution in [-0.4, -0.2) is 40.1 Å². The Labute approximate surface area is 228 Å². The van der Waals surface area contributed by atoms with Crippen molar-refractivity contribution < 1.29 is 9.13 Å². The summed E-state index contributed by atoms with van der Waals surface area (Å²) in [5, 5.41) is 4.45. The molecule has 0 saturated carbocycles. The fourth-order valence-electron chi connectivity index (χ4n) is 5.03. The lowest BCUT2D eigenvalue weighted by molar-refractivity contribution is 0.246. The van der Waals surface area contributed by atoms with Gasteiger partial charge in [0, 0.05) is 29.7 Å². The van der Waals surface area contributed by atoms with Gasteiger partial charge in [-0.2, -0.15) is 0 Å². The molecule has 2 aromatic heterocycles. The Morgan fingerprint density at radius 2 is 2.03 bits per heavy atom. The molecular formula is C31H35FN6O. The molecule has 1 aliphatic heterocycles. The van der Waals surface area contributed by atoms with Crippen LogP contribution in [0, 0.1) is 12.7 Å². The summed E-state index contributed by atoms with van der Waals surface area (Å²) in [7, 11) is 0. The summed E-state index contributed by atoms with van der Waals surface area (Å²) in [6.45, 7) is 7.53. The van der Waals surface area contributed by atoms with E-state index in [-0.39, 0.29) is 18.0 Å². The highest BCUT2D eigenvalue weighted by Crippen LogP contribution is 2.36. The Bertz CT molecular complexity index is 1510. The first-order valence-electron chi connectivity index (χ1n) is 13.5. The molecule has 2 unspecified atom stereocenters. The van der Waals surface area contributed by atoms with Crippen LogP contribution in [0.25, 0.3) is 27.9 Å². The third-order valence-corrected chi connectivity index (χ3v) is 7.02. The number of nitrogens with zero attached hydrogens (tertiary/aromatic N) is 4. The fraction of sp³-hybridized carbons (Fsp3) is 0.323. The van der Waals surface area contributed by atoms with Crippen molar-refractivity contribution in [3.63, 3.8) is 0 Å². The Hall–Kier alpha value is -4.04. The third-order valence-electron chi connectivity index (χ3n) is 7.02. The average Bonchev–Trinajstić information content (AvgIpc) is 3.51. The molecule has 7 nitrogen and oxygen atoms in total. The maximum atomic E-state index is 13.7. The lowest BCUT2D eigenvalue weighted by Crippen LogP contribution is -2.24. The van der Waals surface area contributed by atoms with Crippen LogP contribution < -0.4 is 15.8 Å². The summed E-state index contributed by atoms with van der Waals surface area (Å²) in [5.74, 6) is 1.25. The largest absolute Gasteiger partial charge is 0.475 e. The molecule has 3 N–H and O–H groups in total. The zero-order valence-electron chi connectivity index (χ0n) is 22.7. The molecule has 0 radical (unpaired) electrons. The second-order valence-corrected chi connectivity index (χ2v) is 9.95. The van der Waals surface area contributed by atoms with Crippen LogP contribution >= 0.6 is 0 Å². The molecule has 0 fully saturated rings. The predicted octanol–water partition coefficient (Wildman–Crippen LogP) is 5.83. The van der Waals surface area contributed by atoms with Crippen LogP contribution in [0.3, 0.4) is 0 Å². The van der Waals surface area contributed by atoms with Crippen molar-refractivity contribution >= 4 is 22.8 Å². The molecule has 3 heterocycles. The summed E-state index contributed by atoms with van der Waals surface area (Å²) in [4.78, 5) is 14.2. The Balaban J connectivity index is 1.45. The number of aryl methyl sites for hydroxylation is 2. The number of hydrogen-bond acceptors (Lipinski definition) is 6. The number of pyridine rings is 1. The second kappa shape index (κ2) is 11.8. The van der Waals surface area contributed by atoms with E-state index in [4.69, 9.17) is 20.4 Å². The minimum absolute atomic E-state index is 0.0132. The lowest BCUT2D eigenvalue weighted by atomic mass is 10.1. The molecule has 0 saturated heterocycles. The molecule has 2 atom stereocenters. The molecule has 202 valence electrons. The minimum atomic E-state index is -0.291. The van der Waals surface area contributed by atoms with Gasteiger partial charge in [0.25, 0.3) is 0 Å². The van der Waals surface area contributed by atoms with E-state index in [1.54, 1.807) is 18.3 Å². The Morgan fingerprint density at radius 3 is 2.82 bits per heavy atom. The van der Waals surface area contributed by atoms with Crippen molar-refractivity contribution in [1.82, 2.24) is 19.9 Å². The van der Waals surface area contributed by atoms with E-state index in [1.165, 1.54) is 12.1 Å². The number of nitrogens with two attached hydrogens (primary N) is 1. The Kier molecular flexibility index (Phi) is 8.02. The van der Waals surface area contributed by atoms with Crippen molar-refractivity contribution in [2.45, 2.75) is 52.2 Å². The predicted molar refractivity (Wildman–Crippen MR) is 155 cm³/mol. The van der Waals surface area contributed by atoms with Gasteiger partial charge < -0.3 is 15.0 Å². The van der Waals surface area contributed by atoms with Gasteiger partial charge in [-0.15, -0.1) is 0 Å². The minimum Gasteiger partial charge on any atom is -0.475 e. The molecule has 1 aliphatic rings. The first-order chi connectivity index (χ1) is 18.9. The van der Waals surface area contributed by atoms with Gasteiger partial charge in [-0.1, -0.05) is 25.1 Å². The number of rotatable bonds is 10. The van der Waals surface area contributed by atoms with Gasteiger partial charge in [0.15, 0.2) is 0 Å². The van der Waals surface area contributed by atoms with Crippen LogP contribution in [-0.2, 0) is 6.42 Å².